The number of nitrogens with zero attached hydrogens (tertiary/aromatic N) is 1. The molecule has 4 rings (SSSR count). The molecule has 146 valence electrons. The van der Waals surface area contributed by atoms with Gasteiger partial charge in [0.05, 0.1) is 11.7 Å². The van der Waals surface area contributed by atoms with Crippen molar-refractivity contribution in [3.05, 3.63) is 106 Å². The summed E-state index contributed by atoms with van der Waals surface area (Å²) in [4.78, 5) is 0. The summed E-state index contributed by atoms with van der Waals surface area (Å²) in [5.74, 6) is -0.612. The molecule has 0 aromatic heterocycles. The maximum Gasteiger partial charge on any atom is 0.193 e. The van der Waals surface area contributed by atoms with Crippen molar-refractivity contribution in [3.63, 3.8) is 0 Å². The number of hydrogen-bond acceptors (Lipinski definition) is 2. The van der Waals surface area contributed by atoms with Crippen LogP contribution in [-0.4, -0.2) is 10.1 Å². The Kier molecular flexibility index (Phi) is 5.60. The predicted octanol–water partition coefficient (Wildman–Crippen LogP) is 6.03. The third kappa shape index (κ3) is 4.46. The van der Waals surface area contributed by atoms with Crippen LogP contribution in [0.5, 0.6) is 0 Å². The predicted molar refractivity (Wildman–Crippen MR) is 119 cm³/mol. The molecule has 0 aliphatic carbocycles. The molecule has 1 atom stereocenters. The standard InChI is InChI=1S/C22H16BrF2N3S/c23-16-5-1-14(2-6-16)20-13-21(15-3-7-17(24)8-4-15)28(27-20)22(29)26-19-11-9-18(25)10-12-19/h1-13,21,27H,(H,26,29). The number of thiocarbonyl (C=S) groups is 1. The van der Waals surface area contributed by atoms with Gasteiger partial charge in [-0.3, -0.25) is 10.4 Å². The second-order valence-corrected chi connectivity index (χ2v) is 7.80. The van der Waals surface area contributed by atoms with Gasteiger partial charge in [-0.2, -0.15) is 0 Å². The lowest BCUT2D eigenvalue weighted by Crippen LogP contribution is -2.42. The summed E-state index contributed by atoms with van der Waals surface area (Å²) >= 11 is 9.04. The van der Waals surface area contributed by atoms with Crippen molar-refractivity contribution in [2.75, 3.05) is 5.32 Å². The van der Waals surface area contributed by atoms with E-state index >= 15 is 0 Å². The zero-order valence-electron chi connectivity index (χ0n) is 15.1. The first-order valence-electron chi connectivity index (χ1n) is 8.85. The molecule has 1 unspecified atom stereocenters. The molecule has 29 heavy (non-hydrogen) atoms. The van der Waals surface area contributed by atoms with E-state index in [2.05, 4.69) is 26.7 Å². The first kappa shape index (κ1) is 19.5. The summed E-state index contributed by atoms with van der Waals surface area (Å²) in [6.45, 7) is 0. The zero-order chi connectivity index (χ0) is 20.4. The van der Waals surface area contributed by atoms with Gasteiger partial charge in [-0.25, -0.2) is 8.78 Å². The second kappa shape index (κ2) is 8.31. The first-order valence-corrected chi connectivity index (χ1v) is 10.1. The smallest absolute Gasteiger partial charge is 0.193 e. The molecule has 0 saturated heterocycles. The van der Waals surface area contributed by atoms with E-state index in [1.807, 2.05) is 30.3 Å². The average molecular weight is 472 g/mol. The van der Waals surface area contributed by atoms with Gasteiger partial charge in [0.1, 0.15) is 11.6 Å². The van der Waals surface area contributed by atoms with Crippen LogP contribution in [0.3, 0.4) is 0 Å². The van der Waals surface area contributed by atoms with Crippen LogP contribution < -0.4 is 10.7 Å². The lowest BCUT2D eigenvalue weighted by Gasteiger charge is -2.28. The number of benzene rings is 3. The fourth-order valence-corrected chi connectivity index (χ4v) is 3.60. The molecule has 3 nitrogen and oxygen atoms in total. The fraction of sp³-hybridized carbons (Fsp3) is 0.0455. The Morgan fingerprint density at radius 1 is 0.897 bits per heavy atom. The van der Waals surface area contributed by atoms with E-state index < -0.39 is 0 Å². The van der Waals surface area contributed by atoms with Gasteiger partial charge in [-0.05, 0) is 78.0 Å². The van der Waals surface area contributed by atoms with Gasteiger partial charge in [0.15, 0.2) is 5.11 Å². The van der Waals surface area contributed by atoms with Gasteiger partial charge in [0.25, 0.3) is 0 Å². The zero-order valence-corrected chi connectivity index (χ0v) is 17.5. The van der Waals surface area contributed by atoms with Crippen molar-refractivity contribution >= 4 is 44.6 Å². The summed E-state index contributed by atoms with van der Waals surface area (Å²) in [7, 11) is 0. The Balaban J connectivity index is 1.63. The molecule has 0 amide bonds. The third-order valence-electron chi connectivity index (χ3n) is 4.52. The molecule has 0 bridgehead atoms. The van der Waals surface area contributed by atoms with Gasteiger partial charge in [-0.1, -0.05) is 40.2 Å². The highest BCUT2D eigenvalue weighted by Gasteiger charge is 2.29. The van der Waals surface area contributed by atoms with Crippen molar-refractivity contribution in [2.45, 2.75) is 6.04 Å². The highest BCUT2D eigenvalue weighted by Crippen LogP contribution is 2.32. The summed E-state index contributed by atoms with van der Waals surface area (Å²) in [6.07, 6.45) is 2.04. The molecule has 2 N–H and O–H groups in total. The first-order chi connectivity index (χ1) is 14.0. The molecule has 0 spiro atoms. The van der Waals surface area contributed by atoms with Crippen LogP contribution in [0.2, 0.25) is 0 Å². The summed E-state index contributed by atoms with van der Waals surface area (Å²) in [5, 5.41) is 5.32. The molecule has 7 heteroatoms. The van der Waals surface area contributed by atoms with Crippen LogP contribution in [0.15, 0.2) is 83.3 Å². The number of hydrogen-bond donors (Lipinski definition) is 2. The minimum Gasteiger partial charge on any atom is -0.331 e. The molecular weight excluding hydrogens is 456 g/mol. The van der Waals surface area contributed by atoms with Crippen molar-refractivity contribution in [1.82, 2.24) is 10.4 Å². The van der Waals surface area contributed by atoms with Gasteiger partial charge in [0.2, 0.25) is 0 Å². The number of halogens is 3. The van der Waals surface area contributed by atoms with Crippen LogP contribution in [0, 0.1) is 11.6 Å². The highest BCUT2D eigenvalue weighted by atomic mass is 79.9. The second-order valence-electron chi connectivity index (χ2n) is 6.50. The Morgan fingerprint density at radius 2 is 1.48 bits per heavy atom. The normalized spacial score (nSPS) is 15.6. The summed E-state index contributed by atoms with van der Waals surface area (Å²) in [5.41, 5.74) is 6.76. The van der Waals surface area contributed by atoms with Gasteiger partial charge in [-0.15, -0.1) is 0 Å². The SMILES string of the molecule is Fc1ccc(NC(=S)N2NC(c3ccc(Br)cc3)=CC2c2ccc(F)cc2)cc1. The Bertz CT molecular complexity index is 1050. The van der Waals surface area contributed by atoms with E-state index in [1.165, 1.54) is 24.3 Å². The lowest BCUT2D eigenvalue weighted by atomic mass is 10.0. The Morgan fingerprint density at radius 3 is 2.10 bits per heavy atom. The number of hydrazine groups is 1. The van der Waals surface area contributed by atoms with Gasteiger partial charge >= 0.3 is 0 Å². The van der Waals surface area contributed by atoms with E-state index in [-0.39, 0.29) is 17.7 Å². The van der Waals surface area contributed by atoms with Crippen molar-refractivity contribution < 1.29 is 8.78 Å². The molecule has 1 aliphatic rings. The van der Waals surface area contributed by atoms with E-state index in [0.29, 0.717) is 10.8 Å². The van der Waals surface area contributed by atoms with E-state index in [4.69, 9.17) is 12.2 Å². The van der Waals surface area contributed by atoms with E-state index in [9.17, 15) is 8.78 Å². The van der Waals surface area contributed by atoms with Gasteiger partial charge < -0.3 is 5.32 Å². The topological polar surface area (TPSA) is 27.3 Å². The van der Waals surface area contributed by atoms with Crippen LogP contribution in [0.25, 0.3) is 5.70 Å². The Hall–Kier alpha value is -2.77. The minimum absolute atomic E-state index is 0.241. The highest BCUT2D eigenvalue weighted by molar-refractivity contribution is 9.10. The number of rotatable bonds is 3. The largest absolute Gasteiger partial charge is 0.331 e. The molecule has 3 aromatic rings. The average Bonchev–Trinajstić information content (AvgIpc) is 3.16. The third-order valence-corrected chi connectivity index (χ3v) is 5.35. The molecule has 0 radical (unpaired) electrons. The van der Waals surface area contributed by atoms with Crippen molar-refractivity contribution in [3.8, 4) is 0 Å². The molecule has 1 aliphatic heterocycles. The molecule has 0 saturated carbocycles. The molecular formula is C22H16BrF2N3S. The lowest BCUT2D eigenvalue weighted by molar-refractivity contribution is 0.348. The van der Waals surface area contributed by atoms with E-state index in [1.54, 1.807) is 29.3 Å². The quantitative estimate of drug-likeness (QED) is 0.456. The van der Waals surface area contributed by atoms with Crippen LogP contribution >= 0.6 is 28.1 Å². The molecule has 0 fully saturated rings. The van der Waals surface area contributed by atoms with Crippen LogP contribution in [-0.2, 0) is 0 Å². The molecule has 1 heterocycles. The molecule has 3 aromatic carbocycles. The van der Waals surface area contributed by atoms with Crippen LogP contribution in [0.4, 0.5) is 14.5 Å². The van der Waals surface area contributed by atoms with Crippen molar-refractivity contribution in [1.29, 1.82) is 0 Å². The van der Waals surface area contributed by atoms with E-state index in [0.717, 1.165) is 21.3 Å². The summed E-state index contributed by atoms with van der Waals surface area (Å²) in [6, 6.07) is 19.9. The minimum atomic E-state index is -0.316. The van der Waals surface area contributed by atoms with Crippen molar-refractivity contribution in [2.24, 2.45) is 0 Å². The maximum atomic E-state index is 13.4. The van der Waals surface area contributed by atoms with Crippen LogP contribution in [0.1, 0.15) is 17.2 Å². The maximum absolute atomic E-state index is 13.4. The summed E-state index contributed by atoms with van der Waals surface area (Å²) < 4.78 is 27.6. The number of nitrogens with one attached hydrogen (secondary N) is 2. The monoisotopic (exact) mass is 471 g/mol. The van der Waals surface area contributed by atoms with Gasteiger partial charge in [0, 0.05) is 10.2 Å². The number of anilines is 1. The Labute approximate surface area is 181 Å². The fourth-order valence-electron chi connectivity index (χ4n) is 3.06.